The molecule has 0 atom stereocenters. The summed E-state index contributed by atoms with van der Waals surface area (Å²) in [6.45, 7) is 3.87. The van der Waals surface area contributed by atoms with E-state index in [1.165, 1.54) is 0 Å². The van der Waals surface area contributed by atoms with Crippen molar-refractivity contribution in [2.75, 3.05) is 0 Å². The minimum atomic E-state index is 0.747. The maximum atomic E-state index is 4.51. The lowest BCUT2D eigenvalue weighted by Crippen LogP contribution is -2.05. The van der Waals surface area contributed by atoms with Crippen LogP contribution in [0.2, 0.25) is 0 Å². The molecule has 0 amide bonds. The predicted octanol–water partition coefficient (Wildman–Crippen LogP) is 4.01. The van der Waals surface area contributed by atoms with Gasteiger partial charge in [-0.05, 0) is 13.8 Å². The van der Waals surface area contributed by atoms with Gasteiger partial charge >= 0.3 is 0 Å². The maximum Gasteiger partial charge on any atom is 0.168 e. The van der Waals surface area contributed by atoms with Gasteiger partial charge in [-0.3, -0.25) is 4.57 Å². The molecule has 0 radical (unpaired) electrons. The standard InChI is InChI=1S/C20H17N5/c1-14-18(13-21-15(2)22-14)25-19(16-9-5-3-6-10-16)23-24-20(25)17-11-7-4-8-12-17/h3-13H,1-2H3. The summed E-state index contributed by atoms with van der Waals surface area (Å²) in [5.41, 5.74) is 3.77. The van der Waals surface area contributed by atoms with Crippen molar-refractivity contribution in [2.45, 2.75) is 13.8 Å². The van der Waals surface area contributed by atoms with Gasteiger partial charge in [-0.1, -0.05) is 60.7 Å². The summed E-state index contributed by atoms with van der Waals surface area (Å²) in [5, 5.41) is 8.92. The van der Waals surface area contributed by atoms with Crippen molar-refractivity contribution in [1.29, 1.82) is 0 Å². The second kappa shape index (κ2) is 6.28. The van der Waals surface area contributed by atoms with Crippen LogP contribution in [0.1, 0.15) is 11.5 Å². The first kappa shape index (κ1) is 15.2. The van der Waals surface area contributed by atoms with Crippen molar-refractivity contribution >= 4 is 0 Å². The van der Waals surface area contributed by atoms with Crippen LogP contribution in [-0.4, -0.2) is 24.7 Å². The Morgan fingerprint density at radius 1 is 0.720 bits per heavy atom. The summed E-state index contributed by atoms with van der Waals surface area (Å²) in [6.07, 6.45) is 1.83. The molecule has 0 saturated carbocycles. The molecule has 0 spiro atoms. The smallest absolute Gasteiger partial charge is 0.168 e. The molecule has 2 heterocycles. The molecule has 0 bridgehead atoms. The van der Waals surface area contributed by atoms with E-state index >= 15 is 0 Å². The zero-order valence-corrected chi connectivity index (χ0v) is 14.1. The summed E-state index contributed by atoms with van der Waals surface area (Å²) in [6, 6.07) is 20.1. The van der Waals surface area contributed by atoms with Crippen molar-refractivity contribution in [1.82, 2.24) is 24.7 Å². The third-order valence-electron chi connectivity index (χ3n) is 4.04. The van der Waals surface area contributed by atoms with Crippen LogP contribution in [0.5, 0.6) is 0 Å². The molecule has 122 valence electrons. The van der Waals surface area contributed by atoms with Crippen LogP contribution in [0.25, 0.3) is 28.5 Å². The second-order valence-electron chi connectivity index (χ2n) is 5.80. The number of benzene rings is 2. The first-order valence-electron chi connectivity index (χ1n) is 8.11. The van der Waals surface area contributed by atoms with Crippen molar-refractivity contribution in [3.8, 4) is 28.5 Å². The quantitative estimate of drug-likeness (QED) is 0.570. The van der Waals surface area contributed by atoms with Gasteiger partial charge in [-0.25, -0.2) is 9.97 Å². The summed E-state index contributed by atoms with van der Waals surface area (Å²) < 4.78 is 2.03. The molecule has 0 saturated heterocycles. The molecular weight excluding hydrogens is 310 g/mol. The van der Waals surface area contributed by atoms with Crippen LogP contribution in [0.4, 0.5) is 0 Å². The lowest BCUT2D eigenvalue weighted by molar-refractivity contribution is 0.944. The number of aromatic nitrogens is 5. The van der Waals surface area contributed by atoms with Crippen molar-refractivity contribution in [2.24, 2.45) is 0 Å². The molecule has 0 unspecified atom stereocenters. The minimum absolute atomic E-state index is 0.747. The van der Waals surface area contributed by atoms with E-state index in [1.807, 2.05) is 85.3 Å². The van der Waals surface area contributed by atoms with Crippen LogP contribution in [-0.2, 0) is 0 Å². The first-order chi connectivity index (χ1) is 12.2. The largest absolute Gasteiger partial charge is 0.272 e. The number of nitrogens with zero attached hydrogens (tertiary/aromatic N) is 5. The SMILES string of the molecule is Cc1ncc(-n2c(-c3ccccc3)nnc2-c2ccccc2)c(C)n1. The molecule has 2 aromatic heterocycles. The van der Waals surface area contributed by atoms with Gasteiger partial charge in [0, 0.05) is 11.1 Å². The summed E-state index contributed by atoms with van der Waals surface area (Å²) >= 11 is 0. The highest BCUT2D eigenvalue weighted by Crippen LogP contribution is 2.28. The highest BCUT2D eigenvalue weighted by molar-refractivity contribution is 5.66. The van der Waals surface area contributed by atoms with Gasteiger partial charge in [0.05, 0.1) is 17.6 Å². The zero-order valence-electron chi connectivity index (χ0n) is 14.1. The Bertz CT molecular complexity index is 950. The number of aryl methyl sites for hydroxylation is 2. The Hall–Kier alpha value is -3.34. The Kier molecular flexibility index (Phi) is 3.82. The Balaban J connectivity index is 2.00. The van der Waals surface area contributed by atoms with E-state index in [-0.39, 0.29) is 0 Å². The number of rotatable bonds is 3. The van der Waals surface area contributed by atoms with E-state index in [0.29, 0.717) is 0 Å². The van der Waals surface area contributed by atoms with Crippen LogP contribution in [0.15, 0.2) is 66.9 Å². The van der Waals surface area contributed by atoms with Crippen LogP contribution < -0.4 is 0 Å². The molecule has 0 aliphatic carbocycles. The zero-order chi connectivity index (χ0) is 17.2. The first-order valence-corrected chi connectivity index (χ1v) is 8.11. The summed E-state index contributed by atoms with van der Waals surface area (Å²) in [4.78, 5) is 8.89. The van der Waals surface area contributed by atoms with Gasteiger partial charge < -0.3 is 0 Å². The molecule has 0 N–H and O–H groups in total. The van der Waals surface area contributed by atoms with Crippen LogP contribution in [0.3, 0.4) is 0 Å². The number of hydrogen-bond donors (Lipinski definition) is 0. The Morgan fingerprint density at radius 2 is 1.24 bits per heavy atom. The Morgan fingerprint density at radius 3 is 1.72 bits per heavy atom. The molecule has 25 heavy (non-hydrogen) atoms. The Labute approximate surface area is 146 Å². The average Bonchev–Trinajstić information content (AvgIpc) is 3.08. The second-order valence-corrected chi connectivity index (χ2v) is 5.80. The van der Waals surface area contributed by atoms with E-state index in [4.69, 9.17) is 0 Å². The van der Waals surface area contributed by atoms with E-state index in [0.717, 1.165) is 40.0 Å². The fraction of sp³-hybridized carbons (Fsp3) is 0.100. The molecule has 4 aromatic rings. The lowest BCUT2D eigenvalue weighted by atomic mass is 10.2. The maximum absolute atomic E-state index is 4.51. The number of hydrogen-bond acceptors (Lipinski definition) is 4. The van der Waals surface area contributed by atoms with Gasteiger partial charge in [0.2, 0.25) is 0 Å². The lowest BCUT2D eigenvalue weighted by Gasteiger charge is -2.12. The molecule has 5 nitrogen and oxygen atoms in total. The van der Waals surface area contributed by atoms with Crippen molar-refractivity contribution < 1.29 is 0 Å². The van der Waals surface area contributed by atoms with E-state index in [2.05, 4.69) is 20.2 Å². The fourth-order valence-electron chi connectivity index (χ4n) is 2.86. The van der Waals surface area contributed by atoms with E-state index < -0.39 is 0 Å². The molecule has 4 rings (SSSR count). The topological polar surface area (TPSA) is 56.5 Å². The van der Waals surface area contributed by atoms with Gasteiger partial charge in [0.25, 0.3) is 0 Å². The molecule has 0 fully saturated rings. The summed E-state index contributed by atoms with van der Waals surface area (Å²) in [7, 11) is 0. The van der Waals surface area contributed by atoms with Gasteiger partial charge in [0.1, 0.15) is 5.82 Å². The fourth-order valence-corrected chi connectivity index (χ4v) is 2.86. The molecule has 0 aliphatic rings. The monoisotopic (exact) mass is 327 g/mol. The van der Waals surface area contributed by atoms with Crippen molar-refractivity contribution in [3.05, 3.63) is 78.4 Å². The third-order valence-corrected chi connectivity index (χ3v) is 4.04. The van der Waals surface area contributed by atoms with Gasteiger partial charge in [-0.2, -0.15) is 0 Å². The average molecular weight is 327 g/mol. The molecular formula is C20H17N5. The van der Waals surface area contributed by atoms with E-state index in [9.17, 15) is 0 Å². The predicted molar refractivity (Wildman–Crippen MR) is 97.3 cm³/mol. The van der Waals surface area contributed by atoms with Gasteiger partial charge in [0.15, 0.2) is 11.6 Å². The van der Waals surface area contributed by atoms with Crippen molar-refractivity contribution in [3.63, 3.8) is 0 Å². The normalized spacial score (nSPS) is 10.8. The van der Waals surface area contributed by atoms with E-state index in [1.54, 1.807) is 0 Å². The highest BCUT2D eigenvalue weighted by atomic mass is 15.3. The molecule has 0 aliphatic heterocycles. The third kappa shape index (κ3) is 2.80. The van der Waals surface area contributed by atoms with Gasteiger partial charge in [-0.15, -0.1) is 10.2 Å². The molecule has 2 aromatic carbocycles. The molecule has 5 heteroatoms. The van der Waals surface area contributed by atoms with Crippen LogP contribution in [0, 0.1) is 13.8 Å². The van der Waals surface area contributed by atoms with Crippen LogP contribution >= 0.6 is 0 Å². The summed E-state index contributed by atoms with van der Waals surface area (Å²) in [5.74, 6) is 2.29. The minimum Gasteiger partial charge on any atom is -0.272 e. The highest BCUT2D eigenvalue weighted by Gasteiger charge is 2.19.